The van der Waals surface area contributed by atoms with Gasteiger partial charge in [0.15, 0.2) is 6.29 Å². The fourth-order valence-corrected chi connectivity index (χ4v) is 9.72. The Bertz CT molecular complexity index is 988. The number of unbranched alkanes of at least 4 members (excludes halogenated alkanes) is 18. The lowest BCUT2D eigenvalue weighted by atomic mass is 9.86. The SMILES string of the molecule is CCCCCCCCCCCCCC[C@@H](O)[C@@H](O)[C@H](COC1OC(CO)C(O)C(O)C1O)C1CC(CCCCCCCCCC[C@H]2C[C@H]3C=C[C@@H]2C3)NN1. The highest BCUT2D eigenvalue weighted by Gasteiger charge is 2.45. The van der Waals surface area contributed by atoms with Crippen molar-refractivity contribution in [2.24, 2.45) is 23.7 Å². The summed E-state index contributed by atoms with van der Waals surface area (Å²) in [6, 6.07) is 0.0630. The number of ether oxygens (including phenoxy) is 2. The second-order valence-electron chi connectivity index (χ2n) is 17.7. The van der Waals surface area contributed by atoms with Gasteiger partial charge in [-0.2, -0.15) is 0 Å². The molecule has 4 aliphatic rings. The Morgan fingerprint density at radius 1 is 0.667 bits per heavy atom. The lowest BCUT2D eigenvalue weighted by Crippen LogP contribution is -2.59. The molecule has 0 aromatic heterocycles. The Morgan fingerprint density at radius 3 is 1.83 bits per heavy atom. The highest BCUT2D eigenvalue weighted by molar-refractivity contribution is 5.09. The van der Waals surface area contributed by atoms with Crippen molar-refractivity contribution in [1.82, 2.24) is 10.9 Å². The van der Waals surface area contributed by atoms with E-state index in [9.17, 15) is 30.6 Å². The third-order valence-electron chi connectivity index (χ3n) is 13.3. The standard InChI is InChI=1S/C44H82N2O8/c1-2-3-4-5-6-7-8-9-10-15-18-21-24-38(48)40(49)36(31-53-44-43(52)42(51)41(50)39(30-47)54-44)37-29-35(45-46-37)23-20-17-14-12-11-13-16-19-22-33-27-32-25-26-34(33)28-32/h25-26,32-52H,2-24,27-31H2,1H3/t32-,33+,34-,35?,36-,37?,38-,39?,40+,41?,42?,43?,44?/m1/s1. The lowest BCUT2D eigenvalue weighted by Gasteiger charge is -2.40. The largest absolute Gasteiger partial charge is 0.394 e. The van der Waals surface area contributed by atoms with Crippen molar-refractivity contribution >= 4 is 0 Å². The van der Waals surface area contributed by atoms with Gasteiger partial charge >= 0.3 is 0 Å². The van der Waals surface area contributed by atoms with Gasteiger partial charge in [0.25, 0.3) is 0 Å². The molecule has 10 heteroatoms. The van der Waals surface area contributed by atoms with Crippen LogP contribution in [0.25, 0.3) is 0 Å². The van der Waals surface area contributed by atoms with E-state index in [0.717, 1.165) is 56.3 Å². The maximum absolute atomic E-state index is 11.5. The van der Waals surface area contributed by atoms with Gasteiger partial charge in [0.05, 0.1) is 25.4 Å². The predicted molar refractivity (Wildman–Crippen MR) is 214 cm³/mol. The number of hydrogen-bond acceptors (Lipinski definition) is 10. The van der Waals surface area contributed by atoms with E-state index in [0.29, 0.717) is 6.42 Å². The molecule has 0 radical (unpaired) electrons. The van der Waals surface area contributed by atoms with E-state index in [4.69, 9.17) is 9.47 Å². The molecule has 4 rings (SSSR count). The van der Waals surface area contributed by atoms with E-state index in [1.165, 1.54) is 122 Å². The minimum absolute atomic E-state index is 0.0375. The summed E-state index contributed by atoms with van der Waals surface area (Å²) in [5.41, 5.74) is 6.78. The number of aliphatic hydroxyl groups is 6. The first-order valence-corrected chi connectivity index (χ1v) is 22.8. The third-order valence-corrected chi connectivity index (χ3v) is 13.3. The van der Waals surface area contributed by atoms with Gasteiger partial charge in [-0.05, 0) is 56.3 Å². The van der Waals surface area contributed by atoms with E-state index < -0.39 is 55.4 Å². The van der Waals surface area contributed by atoms with Crippen molar-refractivity contribution in [3.63, 3.8) is 0 Å². The maximum atomic E-state index is 11.5. The molecule has 13 atom stereocenters. The number of rotatable bonds is 31. The van der Waals surface area contributed by atoms with Crippen LogP contribution >= 0.6 is 0 Å². The van der Waals surface area contributed by atoms with Crippen molar-refractivity contribution in [1.29, 1.82) is 0 Å². The van der Waals surface area contributed by atoms with Gasteiger partial charge in [-0.25, -0.2) is 0 Å². The molecule has 2 aliphatic heterocycles. The average Bonchev–Trinajstić information content (AvgIpc) is 3.94. The Hall–Kier alpha value is -0.660. The second kappa shape index (κ2) is 26.4. The van der Waals surface area contributed by atoms with Crippen LogP contribution in [0.3, 0.4) is 0 Å². The zero-order valence-corrected chi connectivity index (χ0v) is 34.0. The van der Waals surface area contributed by atoms with Gasteiger partial charge in [-0.1, -0.05) is 147 Å². The molecular weight excluding hydrogens is 684 g/mol. The molecule has 7 unspecified atom stereocenters. The van der Waals surface area contributed by atoms with E-state index >= 15 is 0 Å². The molecule has 10 nitrogen and oxygen atoms in total. The summed E-state index contributed by atoms with van der Waals surface area (Å²) in [4.78, 5) is 0. The molecule has 2 bridgehead atoms. The molecular formula is C44H82N2O8. The van der Waals surface area contributed by atoms with Gasteiger partial charge in [0.2, 0.25) is 0 Å². The molecule has 54 heavy (non-hydrogen) atoms. The fourth-order valence-electron chi connectivity index (χ4n) is 9.72. The number of fused-ring (bicyclic) bond motifs is 2. The first-order valence-electron chi connectivity index (χ1n) is 22.8. The zero-order valence-electron chi connectivity index (χ0n) is 34.0. The summed E-state index contributed by atoms with van der Waals surface area (Å²) >= 11 is 0. The molecule has 0 aromatic rings. The Balaban J connectivity index is 1.12. The quantitative estimate of drug-likeness (QED) is 0.0286. The summed E-state index contributed by atoms with van der Waals surface area (Å²) in [7, 11) is 0. The normalized spacial score (nSPS) is 32.4. The predicted octanol–water partition coefficient (Wildman–Crippen LogP) is 6.58. The van der Waals surface area contributed by atoms with Crippen molar-refractivity contribution in [2.75, 3.05) is 13.2 Å². The summed E-state index contributed by atoms with van der Waals surface area (Å²) < 4.78 is 11.5. The van der Waals surface area contributed by atoms with Crippen molar-refractivity contribution in [3.8, 4) is 0 Å². The molecule has 2 aliphatic carbocycles. The van der Waals surface area contributed by atoms with Crippen LogP contribution in [0.2, 0.25) is 0 Å². The van der Waals surface area contributed by atoms with Crippen LogP contribution in [0.1, 0.15) is 174 Å². The topological polar surface area (TPSA) is 164 Å². The number of nitrogens with one attached hydrogen (secondary N) is 2. The average molecular weight is 767 g/mol. The van der Waals surface area contributed by atoms with Crippen LogP contribution < -0.4 is 10.9 Å². The van der Waals surface area contributed by atoms with E-state index in [1.807, 2.05) is 0 Å². The van der Waals surface area contributed by atoms with Gasteiger partial charge in [-0.15, -0.1) is 0 Å². The van der Waals surface area contributed by atoms with Gasteiger partial charge in [0.1, 0.15) is 24.4 Å². The summed E-state index contributed by atoms with van der Waals surface area (Å²) in [6.07, 6.45) is 27.8. The molecule has 1 saturated carbocycles. The molecule has 0 spiro atoms. The molecule has 0 aromatic carbocycles. The van der Waals surface area contributed by atoms with Crippen LogP contribution in [0.4, 0.5) is 0 Å². The Labute approximate surface area is 328 Å². The first-order chi connectivity index (χ1) is 26.3. The molecule has 8 N–H and O–H groups in total. The van der Waals surface area contributed by atoms with Gasteiger partial charge < -0.3 is 40.1 Å². The Morgan fingerprint density at radius 2 is 1.26 bits per heavy atom. The van der Waals surface area contributed by atoms with E-state index in [1.54, 1.807) is 0 Å². The smallest absolute Gasteiger partial charge is 0.186 e. The summed E-state index contributed by atoms with van der Waals surface area (Å²) in [6.45, 7) is 1.68. The van der Waals surface area contributed by atoms with Crippen LogP contribution in [0.15, 0.2) is 12.2 Å². The number of allylic oxidation sites excluding steroid dienone is 2. The number of hydrazine groups is 1. The summed E-state index contributed by atoms with van der Waals surface area (Å²) in [5.74, 6) is 2.22. The lowest BCUT2D eigenvalue weighted by molar-refractivity contribution is -0.305. The highest BCUT2D eigenvalue weighted by atomic mass is 16.7. The number of aliphatic hydroxyl groups excluding tert-OH is 6. The monoisotopic (exact) mass is 767 g/mol. The van der Waals surface area contributed by atoms with Gasteiger partial charge in [-0.3, -0.25) is 10.9 Å². The molecule has 3 fully saturated rings. The highest BCUT2D eigenvalue weighted by Crippen LogP contribution is 2.45. The van der Waals surface area contributed by atoms with Crippen LogP contribution in [0.5, 0.6) is 0 Å². The molecule has 2 heterocycles. The molecule has 2 saturated heterocycles. The minimum atomic E-state index is -1.54. The van der Waals surface area contributed by atoms with Crippen LogP contribution in [-0.4, -0.2) is 98.9 Å². The second-order valence-corrected chi connectivity index (χ2v) is 17.7. The van der Waals surface area contributed by atoms with Crippen LogP contribution in [-0.2, 0) is 9.47 Å². The van der Waals surface area contributed by atoms with Crippen molar-refractivity contribution in [3.05, 3.63) is 12.2 Å². The van der Waals surface area contributed by atoms with Gasteiger partial charge in [0, 0.05) is 18.0 Å². The minimum Gasteiger partial charge on any atom is -0.394 e. The zero-order chi connectivity index (χ0) is 38.5. The Kier molecular flexibility index (Phi) is 22.5. The van der Waals surface area contributed by atoms with E-state index in [2.05, 4.69) is 29.9 Å². The molecule has 0 amide bonds. The van der Waals surface area contributed by atoms with Crippen molar-refractivity contribution in [2.45, 2.75) is 229 Å². The number of hydrogen-bond donors (Lipinski definition) is 8. The van der Waals surface area contributed by atoms with Crippen molar-refractivity contribution < 1.29 is 40.1 Å². The maximum Gasteiger partial charge on any atom is 0.186 e. The third kappa shape index (κ3) is 15.6. The fraction of sp³-hybridized carbons (Fsp3) is 0.955. The molecule has 316 valence electrons. The van der Waals surface area contributed by atoms with Crippen LogP contribution in [0, 0.1) is 23.7 Å². The first kappa shape index (κ1) is 46.0. The summed E-state index contributed by atoms with van der Waals surface area (Å²) in [5, 5.41) is 63.3. The van der Waals surface area contributed by atoms with E-state index in [-0.39, 0.29) is 18.7 Å².